The number of halogens is 1. The fraction of sp³-hybridized carbons (Fsp3) is 0.333. The quantitative estimate of drug-likeness (QED) is 0.752. The Morgan fingerprint density at radius 2 is 2.00 bits per heavy atom. The maximum absolute atomic E-state index is 5.77. The molecule has 0 aliphatic rings. The van der Waals surface area contributed by atoms with Gasteiger partial charge in [0.1, 0.15) is 5.75 Å². The van der Waals surface area contributed by atoms with Gasteiger partial charge in [-0.15, -0.1) is 0 Å². The van der Waals surface area contributed by atoms with Gasteiger partial charge in [0, 0.05) is 11.3 Å². The van der Waals surface area contributed by atoms with Gasteiger partial charge in [-0.25, -0.2) is 0 Å². The van der Waals surface area contributed by atoms with E-state index in [1.807, 2.05) is 19.9 Å². The average molecular weight is 230 g/mol. The third kappa shape index (κ3) is 1.41. The lowest BCUT2D eigenvalue weighted by atomic mass is 10.1. The van der Waals surface area contributed by atoms with E-state index in [-0.39, 0.29) is 0 Å². The number of hydrogen-bond acceptors (Lipinski definition) is 2. The van der Waals surface area contributed by atoms with Crippen molar-refractivity contribution in [2.45, 2.75) is 13.8 Å². The Balaban J connectivity index is 3.42. The summed E-state index contributed by atoms with van der Waals surface area (Å²) in [6.45, 7) is 3.93. The molecule has 0 radical (unpaired) electrons. The first-order valence-corrected chi connectivity index (χ1v) is 4.46. The molecule has 2 N–H and O–H groups in total. The summed E-state index contributed by atoms with van der Waals surface area (Å²) >= 11 is 3.44. The van der Waals surface area contributed by atoms with Crippen LogP contribution in [0.3, 0.4) is 0 Å². The molecular weight excluding hydrogens is 218 g/mol. The monoisotopic (exact) mass is 229 g/mol. The topological polar surface area (TPSA) is 35.2 Å². The fourth-order valence-corrected chi connectivity index (χ4v) is 1.70. The smallest absolute Gasteiger partial charge is 0.138 e. The van der Waals surface area contributed by atoms with Crippen molar-refractivity contribution < 1.29 is 4.74 Å². The van der Waals surface area contributed by atoms with E-state index in [1.165, 1.54) is 0 Å². The molecule has 0 aromatic heterocycles. The van der Waals surface area contributed by atoms with Crippen molar-refractivity contribution in [3.8, 4) is 5.75 Å². The molecule has 0 bridgehead atoms. The number of rotatable bonds is 1. The van der Waals surface area contributed by atoms with Crippen molar-refractivity contribution in [3.63, 3.8) is 0 Å². The van der Waals surface area contributed by atoms with Gasteiger partial charge in [-0.3, -0.25) is 0 Å². The number of benzene rings is 1. The van der Waals surface area contributed by atoms with Crippen LogP contribution in [0, 0.1) is 13.8 Å². The first-order chi connectivity index (χ1) is 5.57. The Morgan fingerprint density at radius 3 is 2.50 bits per heavy atom. The number of aryl methyl sites for hydroxylation is 1. The lowest BCUT2D eigenvalue weighted by molar-refractivity contribution is 0.409. The molecule has 0 saturated heterocycles. The lowest BCUT2D eigenvalue weighted by Crippen LogP contribution is -1.96. The van der Waals surface area contributed by atoms with Crippen LogP contribution < -0.4 is 10.5 Å². The van der Waals surface area contributed by atoms with Crippen molar-refractivity contribution in [1.82, 2.24) is 0 Å². The highest BCUT2D eigenvalue weighted by Gasteiger charge is 2.09. The Morgan fingerprint density at radius 1 is 1.42 bits per heavy atom. The maximum Gasteiger partial charge on any atom is 0.138 e. The standard InChI is InChI=1S/C9H12BrNO/c1-5-4-7(11)6(2)9(12-3)8(5)10/h4H,11H2,1-3H3. The molecule has 3 heteroatoms. The highest BCUT2D eigenvalue weighted by molar-refractivity contribution is 9.10. The minimum atomic E-state index is 0.771. The van der Waals surface area contributed by atoms with Gasteiger partial charge in [-0.2, -0.15) is 0 Å². The fourth-order valence-electron chi connectivity index (χ4n) is 1.12. The molecule has 1 rings (SSSR count). The lowest BCUT2D eigenvalue weighted by Gasteiger charge is -2.11. The molecule has 12 heavy (non-hydrogen) atoms. The second kappa shape index (κ2) is 3.35. The summed E-state index contributed by atoms with van der Waals surface area (Å²) in [5.41, 5.74) is 8.61. The molecule has 0 saturated carbocycles. The van der Waals surface area contributed by atoms with E-state index in [2.05, 4.69) is 15.9 Å². The minimum absolute atomic E-state index is 0.771. The van der Waals surface area contributed by atoms with Crippen molar-refractivity contribution >= 4 is 21.6 Å². The normalized spacial score (nSPS) is 10.0. The molecule has 0 unspecified atom stereocenters. The Bertz CT molecular complexity index is 284. The number of anilines is 1. The van der Waals surface area contributed by atoms with Gasteiger partial charge < -0.3 is 10.5 Å². The zero-order valence-corrected chi connectivity index (χ0v) is 9.03. The molecule has 0 aliphatic carbocycles. The maximum atomic E-state index is 5.77. The number of nitrogen functional groups attached to an aromatic ring is 1. The van der Waals surface area contributed by atoms with E-state index >= 15 is 0 Å². The second-order valence-corrected chi connectivity index (χ2v) is 3.55. The number of nitrogens with two attached hydrogens (primary N) is 1. The van der Waals surface area contributed by atoms with Gasteiger partial charge in [0.25, 0.3) is 0 Å². The van der Waals surface area contributed by atoms with E-state index in [0.717, 1.165) is 27.0 Å². The predicted molar refractivity (Wildman–Crippen MR) is 54.6 cm³/mol. The Labute approximate surface area is 80.8 Å². The second-order valence-electron chi connectivity index (χ2n) is 2.75. The summed E-state index contributed by atoms with van der Waals surface area (Å²) in [7, 11) is 1.64. The van der Waals surface area contributed by atoms with Crippen molar-refractivity contribution in [2.75, 3.05) is 12.8 Å². The summed E-state index contributed by atoms with van der Waals surface area (Å²) in [5.74, 6) is 0.826. The summed E-state index contributed by atoms with van der Waals surface area (Å²) in [5, 5.41) is 0. The van der Waals surface area contributed by atoms with E-state index < -0.39 is 0 Å². The number of methoxy groups -OCH3 is 1. The zero-order chi connectivity index (χ0) is 9.30. The zero-order valence-electron chi connectivity index (χ0n) is 7.44. The third-order valence-corrected chi connectivity index (χ3v) is 2.88. The van der Waals surface area contributed by atoms with Crippen LogP contribution in [0.25, 0.3) is 0 Å². The van der Waals surface area contributed by atoms with Crippen LogP contribution in [0.1, 0.15) is 11.1 Å². The third-order valence-electron chi connectivity index (χ3n) is 1.90. The molecule has 0 atom stereocenters. The van der Waals surface area contributed by atoms with E-state index in [9.17, 15) is 0 Å². The Hall–Kier alpha value is -0.700. The van der Waals surface area contributed by atoms with Gasteiger partial charge in [0.15, 0.2) is 0 Å². The summed E-state index contributed by atoms with van der Waals surface area (Å²) in [6.07, 6.45) is 0. The molecule has 0 spiro atoms. The van der Waals surface area contributed by atoms with Crippen LogP contribution in [0.4, 0.5) is 5.69 Å². The van der Waals surface area contributed by atoms with E-state index in [0.29, 0.717) is 0 Å². The Kier molecular flexibility index (Phi) is 2.62. The van der Waals surface area contributed by atoms with Crippen LogP contribution in [-0.4, -0.2) is 7.11 Å². The molecular formula is C9H12BrNO. The molecule has 1 aromatic rings. The molecule has 0 aliphatic heterocycles. The van der Waals surface area contributed by atoms with Crippen molar-refractivity contribution in [3.05, 3.63) is 21.7 Å². The summed E-state index contributed by atoms with van der Waals surface area (Å²) in [6, 6.07) is 1.93. The molecule has 1 aromatic carbocycles. The summed E-state index contributed by atoms with van der Waals surface area (Å²) < 4.78 is 6.19. The van der Waals surface area contributed by atoms with Gasteiger partial charge in [0.2, 0.25) is 0 Å². The highest BCUT2D eigenvalue weighted by Crippen LogP contribution is 2.35. The van der Waals surface area contributed by atoms with Gasteiger partial charge in [-0.05, 0) is 41.4 Å². The van der Waals surface area contributed by atoms with E-state index in [1.54, 1.807) is 7.11 Å². The van der Waals surface area contributed by atoms with E-state index in [4.69, 9.17) is 10.5 Å². The number of hydrogen-bond donors (Lipinski definition) is 1. The van der Waals surface area contributed by atoms with Crippen LogP contribution >= 0.6 is 15.9 Å². The van der Waals surface area contributed by atoms with Gasteiger partial charge in [-0.1, -0.05) is 0 Å². The number of ether oxygens (including phenoxy) is 1. The van der Waals surface area contributed by atoms with Crippen molar-refractivity contribution in [2.24, 2.45) is 0 Å². The molecule has 2 nitrogen and oxygen atoms in total. The molecule has 0 fully saturated rings. The molecule has 0 amide bonds. The molecule has 66 valence electrons. The molecule has 0 heterocycles. The average Bonchev–Trinajstić information content (AvgIpc) is 2.02. The van der Waals surface area contributed by atoms with Crippen LogP contribution in [-0.2, 0) is 0 Å². The minimum Gasteiger partial charge on any atom is -0.495 e. The summed E-state index contributed by atoms with van der Waals surface area (Å²) in [4.78, 5) is 0. The van der Waals surface area contributed by atoms with Gasteiger partial charge in [0.05, 0.1) is 11.6 Å². The first kappa shape index (κ1) is 9.39. The van der Waals surface area contributed by atoms with Crippen LogP contribution in [0.15, 0.2) is 10.5 Å². The first-order valence-electron chi connectivity index (χ1n) is 3.67. The predicted octanol–water partition coefficient (Wildman–Crippen LogP) is 2.66. The van der Waals surface area contributed by atoms with Crippen LogP contribution in [0.5, 0.6) is 5.75 Å². The van der Waals surface area contributed by atoms with Crippen LogP contribution in [0.2, 0.25) is 0 Å². The largest absolute Gasteiger partial charge is 0.495 e. The van der Waals surface area contributed by atoms with Gasteiger partial charge >= 0.3 is 0 Å². The highest BCUT2D eigenvalue weighted by atomic mass is 79.9. The van der Waals surface area contributed by atoms with Crippen molar-refractivity contribution in [1.29, 1.82) is 0 Å². The SMILES string of the molecule is COc1c(C)c(N)cc(C)c1Br.